The third-order valence-corrected chi connectivity index (χ3v) is 4.56. The van der Waals surface area contributed by atoms with E-state index in [-0.39, 0.29) is 11.1 Å². The van der Waals surface area contributed by atoms with Crippen LogP contribution in [0.1, 0.15) is 32.5 Å². The first kappa shape index (κ1) is 14.8. The Labute approximate surface area is 122 Å². The number of halogens is 1. The van der Waals surface area contributed by atoms with Gasteiger partial charge in [-0.2, -0.15) is 5.10 Å². The number of alkyl halides is 1. The highest BCUT2D eigenvalue weighted by Gasteiger charge is 2.25. The van der Waals surface area contributed by atoms with E-state index < -0.39 is 0 Å². The second-order valence-corrected chi connectivity index (χ2v) is 5.37. The number of H-pyrrole nitrogens is 1. The first-order chi connectivity index (χ1) is 9.55. The number of fused-ring (bicyclic) bond motifs is 1. The van der Waals surface area contributed by atoms with E-state index in [2.05, 4.69) is 34.3 Å². The molecule has 0 aliphatic carbocycles. The van der Waals surface area contributed by atoms with Crippen LogP contribution in [0.25, 0.3) is 5.65 Å². The van der Waals surface area contributed by atoms with E-state index in [0.717, 1.165) is 19.4 Å². The molecule has 2 aromatic heterocycles. The van der Waals surface area contributed by atoms with Crippen LogP contribution in [0, 0.1) is 12.3 Å². The van der Waals surface area contributed by atoms with Gasteiger partial charge in [-0.25, -0.2) is 19.3 Å². The van der Waals surface area contributed by atoms with Crippen LogP contribution in [0.15, 0.2) is 10.9 Å². The minimum Gasteiger partial charge on any atom is -0.369 e. The van der Waals surface area contributed by atoms with Crippen LogP contribution in [-0.2, 0) is 0 Å². The lowest BCUT2D eigenvalue weighted by molar-refractivity contribution is 0.326. The molecule has 0 spiro atoms. The topological polar surface area (TPSA) is 75.1 Å². The van der Waals surface area contributed by atoms with E-state index >= 15 is 0 Å². The first-order valence-corrected chi connectivity index (χ1v) is 7.33. The summed E-state index contributed by atoms with van der Waals surface area (Å²) in [4.78, 5) is 15.9. The van der Waals surface area contributed by atoms with Gasteiger partial charge >= 0.3 is 5.69 Å². The lowest BCUT2D eigenvalue weighted by Gasteiger charge is -2.29. The predicted octanol–water partition coefficient (Wildman–Crippen LogP) is 2.18. The summed E-state index contributed by atoms with van der Waals surface area (Å²) in [5.74, 6) is 1.93. The van der Waals surface area contributed by atoms with Crippen LogP contribution in [0.4, 0.5) is 5.82 Å². The number of hydrogen-bond acceptors (Lipinski definition) is 4. The zero-order valence-corrected chi connectivity index (χ0v) is 12.8. The molecule has 0 saturated carbocycles. The van der Waals surface area contributed by atoms with Crippen molar-refractivity contribution < 1.29 is 0 Å². The molecule has 0 saturated heterocycles. The van der Waals surface area contributed by atoms with Crippen molar-refractivity contribution in [3.05, 3.63) is 22.4 Å². The highest BCUT2D eigenvalue weighted by molar-refractivity contribution is 6.18. The van der Waals surface area contributed by atoms with E-state index in [4.69, 9.17) is 11.6 Å². The summed E-state index contributed by atoms with van der Waals surface area (Å²) in [6.45, 7) is 6.82. The third-order valence-electron chi connectivity index (χ3n) is 4.00. The summed E-state index contributed by atoms with van der Waals surface area (Å²) in [5, 5.41) is 9.70. The molecule has 0 aliphatic heterocycles. The standard InChI is InChI=1S/C13H20ClN5O/c1-4-13(5-2,7-14)8-15-10-6-11-17-18-12(20)19(11)9(3)16-10/h6,15H,4-5,7-8H2,1-3H3,(H,18,20). The van der Waals surface area contributed by atoms with Gasteiger partial charge in [0.05, 0.1) is 0 Å². The van der Waals surface area contributed by atoms with E-state index in [1.54, 1.807) is 13.0 Å². The van der Waals surface area contributed by atoms with Crippen molar-refractivity contribution in [2.24, 2.45) is 5.41 Å². The average Bonchev–Trinajstić information content (AvgIpc) is 2.83. The Morgan fingerprint density at radius 2 is 2.15 bits per heavy atom. The number of aromatic amines is 1. The first-order valence-electron chi connectivity index (χ1n) is 6.80. The number of rotatable bonds is 6. The fourth-order valence-electron chi connectivity index (χ4n) is 2.20. The van der Waals surface area contributed by atoms with Crippen LogP contribution in [0.3, 0.4) is 0 Å². The van der Waals surface area contributed by atoms with E-state index in [0.29, 0.717) is 23.2 Å². The number of nitrogens with zero attached hydrogens (tertiary/aromatic N) is 3. The van der Waals surface area contributed by atoms with Gasteiger partial charge in [-0.1, -0.05) is 13.8 Å². The molecule has 0 aromatic carbocycles. The van der Waals surface area contributed by atoms with E-state index in [9.17, 15) is 4.79 Å². The summed E-state index contributed by atoms with van der Waals surface area (Å²) >= 11 is 6.10. The van der Waals surface area contributed by atoms with Crippen LogP contribution in [-0.4, -0.2) is 32.0 Å². The van der Waals surface area contributed by atoms with Crippen LogP contribution >= 0.6 is 11.6 Å². The van der Waals surface area contributed by atoms with Crippen molar-refractivity contribution in [3.8, 4) is 0 Å². The SMILES string of the molecule is CCC(CC)(CCl)CNc1cc2n[nH]c(=O)n2c(C)n1. The van der Waals surface area contributed by atoms with Crippen LogP contribution < -0.4 is 11.0 Å². The maximum Gasteiger partial charge on any atom is 0.349 e. The minimum absolute atomic E-state index is 0.0640. The van der Waals surface area contributed by atoms with E-state index in [1.807, 2.05) is 0 Å². The van der Waals surface area contributed by atoms with Gasteiger partial charge in [-0.15, -0.1) is 11.6 Å². The minimum atomic E-state index is -0.270. The summed E-state index contributed by atoms with van der Waals surface area (Å²) in [7, 11) is 0. The fourth-order valence-corrected chi connectivity index (χ4v) is 2.67. The molecule has 2 N–H and O–H groups in total. The Hall–Kier alpha value is -1.56. The van der Waals surface area contributed by atoms with Gasteiger partial charge in [0.25, 0.3) is 0 Å². The Balaban J connectivity index is 2.24. The zero-order chi connectivity index (χ0) is 14.8. The molecule has 0 atom stereocenters. The molecule has 6 nitrogen and oxygen atoms in total. The molecule has 2 rings (SSSR count). The largest absolute Gasteiger partial charge is 0.369 e. The van der Waals surface area contributed by atoms with Gasteiger partial charge < -0.3 is 5.32 Å². The predicted molar refractivity (Wildman–Crippen MR) is 80.6 cm³/mol. The molecular formula is C13H20ClN5O. The lowest BCUT2D eigenvalue weighted by atomic mass is 9.84. The van der Waals surface area contributed by atoms with Gasteiger partial charge in [-0.3, -0.25) is 0 Å². The van der Waals surface area contributed by atoms with Gasteiger partial charge in [-0.05, 0) is 19.8 Å². The van der Waals surface area contributed by atoms with Crippen LogP contribution in [0.5, 0.6) is 0 Å². The van der Waals surface area contributed by atoms with Gasteiger partial charge in [0.2, 0.25) is 0 Å². The maximum atomic E-state index is 11.5. The summed E-state index contributed by atoms with van der Waals surface area (Å²) in [6, 6.07) is 1.76. The molecule has 0 bridgehead atoms. The molecule has 0 amide bonds. The second kappa shape index (κ2) is 5.83. The molecule has 0 aliphatic rings. The third kappa shape index (κ3) is 2.65. The number of anilines is 1. The van der Waals surface area contributed by atoms with E-state index in [1.165, 1.54) is 4.40 Å². The number of nitrogens with one attached hydrogen (secondary N) is 2. The molecular weight excluding hydrogens is 278 g/mol. The number of aryl methyl sites for hydroxylation is 1. The molecule has 110 valence electrons. The van der Waals surface area contributed by atoms with Crippen molar-refractivity contribution in [3.63, 3.8) is 0 Å². The van der Waals surface area contributed by atoms with Gasteiger partial charge in [0.1, 0.15) is 11.6 Å². The molecule has 7 heteroatoms. The Kier molecular flexibility index (Phi) is 4.32. The van der Waals surface area contributed by atoms with Crippen molar-refractivity contribution in [1.29, 1.82) is 0 Å². The summed E-state index contributed by atoms with van der Waals surface area (Å²) in [5.41, 5.74) is 0.359. The number of aromatic nitrogens is 4. The quantitative estimate of drug-likeness (QED) is 0.801. The Bertz CT molecular complexity index is 635. The highest BCUT2D eigenvalue weighted by Crippen LogP contribution is 2.28. The number of hydrogen-bond donors (Lipinski definition) is 2. The summed E-state index contributed by atoms with van der Waals surface area (Å²) < 4.78 is 1.44. The smallest absolute Gasteiger partial charge is 0.349 e. The molecule has 0 fully saturated rings. The molecule has 2 aromatic rings. The van der Waals surface area contributed by atoms with Crippen molar-refractivity contribution in [1.82, 2.24) is 19.6 Å². The monoisotopic (exact) mass is 297 g/mol. The summed E-state index contributed by atoms with van der Waals surface area (Å²) in [6.07, 6.45) is 2.01. The molecule has 20 heavy (non-hydrogen) atoms. The Morgan fingerprint density at radius 3 is 2.75 bits per heavy atom. The normalized spacial score (nSPS) is 12.0. The van der Waals surface area contributed by atoms with Crippen molar-refractivity contribution in [2.45, 2.75) is 33.6 Å². The van der Waals surface area contributed by atoms with Crippen molar-refractivity contribution >= 4 is 23.1 Å². The Morgan fingerprint density at radius 1 is 1.45 bits per heavy atom. The molecule has 0 radical (unpaired) electrons. The molecule has 0 unspecified atom stereocenters. The second-order valence-electron chi connectivity index (χ2n) is 5.11. The van der Waals surface area contributed by atoms with Crippen molar-refractivity contribution in [2.75, 3.05) is 17.7 Å². The average molecular weight is 298 g/mol. The zero-order valence-electron chi connectivity index (χ0n) is 12.0. The van der Waals surface area contributed by atoms with Crippen LogP contribution in [0.2, 0.25) is 0 Å². The van der Waals surface area contributed by atoms with Gasteiger partial charge in [0.15, 0.2) is 5.65 Å². The highest BCUT2D eigenvalue weighted by atomic mass is 35.5. The molecule has 2 heterocycles. The fraction of sp³-hybridized carbons (Fsp3) is 0.615. The maximum absolute atomic E-state index is 11.5. The van der Waals surface area contributed by atoms with Gasteiger partial charge in [0, 0.05) is 23.9 Å². The lowest BCUT2D eigenvalue weighted by Crippen LogP contribution is -2.30.